The fourth-order valence-corrected chi connectivity index (χ4v) is 2.14. The molecule has 5 nitrogen and oxygen atoms in total. The summed E-state index contributed by atoms with van der Waals surface area (Å²) in [6.45, 7) is 6.12. The molecule has 0 bridgehead atoms. The van der Waals surface area contributed by atoms with Gasteiger partial charge in [-0.2, -0.15) is 0 Å². The van der Waals surface area contributed by atoms with Crippen molar-refractivity contribution in [3.05, 3.63) is 35.4 Å². The molecule has 0 aliphatic rings. The first-order valence-electron chi connectivity index (χ1n) is 8.19. The smallest absolute Gasteiger partial charge is 0.253 e. The molecule has 0 saturated carbocycles. The van der Waals surface area contributed by atoms with Crippen molar-refractivity contribution in [3.8, 4) is 0 Å². The summed E-state index contributed by atoms with van der Waals surface area (Å²) < 4.78 is 0. The predicted octanol–water partition coefficient (Wildman–Crippen LogP) is 2.14. The van der Waals surface area contributed by atoms with Gasteiger partial charge in [0.1, 0.15) is 0 Å². The number of benzene rings is 1. The minimum absolute atomic E-state index is 0.0333. The molecule has 0 spiro atoms. The molecular formula is C18H30N4O. The number of carbonyl (C=O) groups excluding carboxylic acids is 1. The van der Waals surface area contributed by atoms with Crippen molar-refractivity contribution in [2.24, 2.45) is 10.9 Å². The third-order valence-corrected chi connectivity index (χ3v) is 3.52. The van der Waals surface area contributed by atoms with E-state index in [0.29, 0.717) is 5.92 Å². The van der Waals surface area contributed by atoms with Crippen LogP contribution in [-0.4, -0.2) is 51.0 Å². The molecule has 0 unspecified atom stereocenters. The largest absolute Gasteiger partial charge is 0.356 e. The number of nitrogens with one attached hydrogen (secondary N) is 2. The highest BCUT2D eigenvalue weighted by atomic mass is 16.2. The molecule has 128 valence electrons. The quantitative estimate of drug-likeness (QED) is 0.598. The molecule has 0 saturated heterocycles. The zero-order valence-corrected chi connectivity index (χ0v) is 15.0. The van der Waals surface area contributed by atoms with Crippen LogP contribution in [0.5, 0.6) is 0 Å². The maximum absolute atomic E-state index is 12.0. The number of amides is 1. The molecule has 1 amide bonds. The number of rotatable bonds is 7. The van der Waals surface area contributed by atoms with E-state index in [1.54, 1.807) is 26.0 Å². The Morgan fingerprint density at radius 2 is 1.91 bits per heavy atom. The number of nitrogens with zero attached hydrogens (tertiary/aromatic N) is 2. The topological polar surface area (TPSA) is 56.7 Å². The summed E-state index contributed by atoms with van der Waals surface area (Å²) in [7, 11) is 5.31. The summed E-state index contributed by atoms with van der Waals surface area (Å²) in [5.41, 5.74) is 1.87. The minimum Gasteiger partial charge on any atom is -0.356 e. The molecule has 1 aromatic rings. The summed E-state index contributed by atoms with van der Waals surface area (Å²) >= 11 is 0. The first-order valence-corrected chi connectivity index (χ1v) is 8.19. The zero-order chi connectivity index (χ0) is 17.2. The molecule has 2 N–H and O–H groups in total. The maximum atomic E-state index is 12.0. The van der Waals surface area contributed by atoms with Crippen molar-refractivity contribution in [2.75, 3.05) is 34.2 Å². The van der Waals surface area contributed by atoms with Crippen LogP contribution in [0.15, 0.2) is 29.3 Å². The van der Waals surface area contributed by atoms with Gasteiger partial charge in [-0.25, -0.2) is 0 Å². The van der Waals surface area contributed by atoms with Gasteiger partial charge in [-0.3, -0.25) is 9.79 Å². The molecule has 0 aliphatic heterocycles. The second-order valence-corrected chi connectivity index (χ2v) is 6.26. The van der Waals surface area contributed by atoms with Gasteiger partial charge < -0.3 is 15.5 Å². The highest BCUT2D eigenvalue weighted by molar-refractivity contribution is 5.94. The van der Waals surface area contributed by atoms with Crippen molar-refractivity contribution in [2.45, 2.75) is 26.7 Å². The van der Waals surface area contributed by atoms with Gasteiger partial charge in [-0.15, -0.1) is 0 Å². The van der Waals surface area contributed by atoms with Crippen LogP contribution in [0.4, 0.5) is 0 Å². The lowest BCUT2D eigenvalue weighted by molar-refractivity contribution is 0.0827. The SMILES string of the molecule is CN=C(NCCc1cccc(C(=O)N(C)C)c1)NCCC(C)C. The molecule has 0 heterocycles. The summed E-state index contributed by atoms with van der Waals surface area (Å²) in [5, 5.41) is 6.62. The van der Waals surface area contributed by atoms with E-state index in [2.05, 4.69) is 29.5 Å². The van der Waals surface area contributed by atoms with Gasteiger partial charge in [0.15, 0.2) is 5.96 Å². The van der Waals surface area contributed by atoms with Crippen molar-refractivity contribution in [1.29, 1.82) is 0 Å². The highest BCUT2D eigenvalue weighted by Crippen LogP contribution is 2.07. The Hall–Kier alpha value is -2.04. The van der Waals surface area contributed by atoms with Crippen LogP contribution in [0.25, 0.3) is 0 Å². The molecule has 23 heavy (non-hydrogen) atoms. The third kappa shape index (κ3) is 7.17. The van der Waals surface area contributed by atoms with Crippen LogP contribution < -0.4 is 10.6 Å². The fraction of sp³-hybridized carbons (Fsp3) is 0.556. The van der Waals surface area contributed by atoms with E-state index < -0.39 is 0 Å². The number of hydrogen-bond donors (Lipinski definition) is 2. The number of carbonyl (C=O) groups is 1. The van der Waals surface area contributed by atoms with Crippen molar-refractivity contribution < 1.29 is 4.79 Å². The maximum Gasteiger partial charge on any atom is 0.253 e. The van der Waals surface area contributed by atoms with Gasteiger partial charge >= 0.3 is 0 Å². The van der Waals surface area contributed by atoms with Crippen molar-refractivity contribution in [3.63, 3.8) is 0 Å². The van der Waals surface area contributed by atoms with E-state index >= 15 is 0 Å². The number of guanidine groups is 1. The van der Waals surface area contributed by atoms with Gasteiger partial charge in [-0.05, 0) is 36.5 Å². The predicted molar refractivity (Wildman–Crippen MR) is 97.0 cm³/mol. The third-order valence-electron chi connectivity index (χ3n) is 3.52. The number of hydrogen-bond acceptors (Lipinski definition) is 2. The second kappa shape index (κ2) is 9.87. The van der Waals surface area contributed by atoms with Gasteiger partial charge in [0, 0.05) is 39.8 Å². The number of aliphatic imine (C=N–C) groups is 1. The van der Waals surface area contributed by atoms with Gasteiger partial charge in [0.05, 0.1) is 0 Å². The lowest BCUT2D eigenvalue weighted by atomic mass is 10.1. The fourth-order valence-electron chi connectivity index (χ4n) is 2.14. The lowest BCUT2D eigenvalue weighted by Crippen LogP contribution is -2.39. The van der Waals surface area contributed by atoms with E-state index in [1.807, 2.05) is 24.3 Å². The second-order valence-electron chi connectivity index (χ2n) is 6.26. The molecule has 5 heteroatoms. The Balaban J connectivity index is 2.45. The summed E-state index contributed by atoms with van der Waals surface area (Å²) in [4.78, 5) is 17.8. The Bertz CT molecular complexity index is 524. The standard InChI is InChI=1S/C18H30N4O/c1-14(2)9-11-20-18(19-3)21-12-10-15-7-6-8-16(13-15)17(23)22(4)5/h6-8,13-14H,9-12H2,1-5H3,(H2,19,20,21). The Kier molecular flexibility index (Phi) is 8.16. The Morgan fingerprint density at radius 1 is 1.22 bits per heavy atom. The van der Waals surface area contributed by atoms with Crippen LogP contribution in [0.1, 0.15) is 36.2 Å². The lowest BCUT2D eigenvalue weighted by Gasteiger charge is -2.13. The molecule has 1 aromatic carbocycles. The summed E-state index contributed by atoms with van der Waals surface area (Å²) in [5.74, 6) is 1.54. The van der Waals surface area contributed by atoms with Crippen LogP contribution in [0.3, 0.4) is 0 Å². The molecule has 0 atom stereocenters. The summed E-state index contributed by atoms with van der Waals surface area (Å²) in [6.07, 6.45) is 1.97. The van der Waals surface area contributed by atoms with E-state index in [-0.39, 0.29) is 5.91 Å². The van der Waals surface area contributed by atoms with Gasteiger partial charge in [0.2, 0.25) is 0 Å². The molecule has 1 rings (SSSR count). The minimum atomic E-state index is 0.0333. The monoisotopic (exact) mass is 318 g/mol. The van der Waals surface area contributed by atoms with Crippen LogP contribution in [0.2, 0.25) is 0 Å². The van der Waals surface area contributed by atoms with E-state index in [9.17, 15) is 4.79 Å². The zero-order valence-electron chi connectivity index (χ0n) is 15.0. The average molecular weight is 318 g/mol. The van der Waals surface area contributed by atoms with Crippen LogP contribution >= 0.6 is 0 Å². The van der Waals surface area contributed by atoms with Gasteiger partial charge in [0.25, 0.3) is 5.91 Å². The average Bonchev–Trinajstić information content (AvgIpc) is 2.52. The molecular weight excluding hydrogens is 288 g/mol. The molecule has 0 fully saturated rings. The van der Waals surface area contributed by atoms with E-state index in [4.69, 9.17) is 0 Å². The first kappa shape index (κ1) is 19.0. The molecule has 0 radical (unpaired) electrons. The van der Waals surface area contributed by atoms with Crippen LogP contribution in [0, 0.1) is 5.92 Å². The van der Waals surface area contributed by atoms with E-state index in [0.717, 1.165) is 43.0 Å². The molecule has 0 aliphatic carbocycles. The highest BCUT2D eigenvalue weighted by Gasteiger charge is 2.08. The summed E-state index contributed by atoms with van der Waals surface area (Å²) in [6, 6.07) is 7.79. The van der Waals surface area contributed by atoms with Crippen molar-refractivity contribution in [1.82, 2.24) is 15.5 Å². The van der Waals surface area contributed by atoms with Crippen LogP contribution in [-0.2, 0) is 6.42 Å². The van der Waals surface area contributed by atoms with E-state index in [1.165, 1.54) is 0 Å². The Labute approximate surface area is 140 Å². The normalized spacial score (nSPS) is 11.5. The Morgan fingerprint density at radius 3 is 2.52 bits per heavy atom. The van der Waals surface area contributed by atoms with Crippen molar-refractivity contribution >= 4 is 11.9 Å². The molecule has 0 aromatic heterocycles. The van der Waals surface area contributed by atoms with Gasteiger partial charge in [-0.1, -0.05) is 26.0 Å². The first-order chi connectivity index (χ1) is 10.9.